The Morgan fingerprint density at radius 3 is 2.81 bits per heavy atom. The Hall–Kier alpha value is -2.34. The third-order valence-electron chi connectivity index (χ3n) is 2.94. The summed E-state index contributed by atoms with van der Waals surface area (Å²) in [4.78, 5) is 20.7. The maximum absolute atomic E-state index is 12.8. The fourth-order valence-corrected chi connectivity index (χ4v) is 1.92. The number of hydrogen-bond acceptors (Lipinski definition) is 5. The molecule has 0 aliphatic heterocycles. The Bertz CT molecular complexity index is 618. The quantitative estimate of drug-likeness (QED) is 0.760. The van der Waals surface area contributed by atoms with E-state index in [4.69, 9.17) is 4.74 Å². The molecular formula is C15H18N4O2. The van der Waals surface area contributed by atoms with Gasteiger partial charge in [-0.2, -0.15) is 5.10 Å². The summed E-state index contributed by atoms with van der Waals surface area (Å²) in [6.07, 6.45) is 7.96. The molecule has 0 aliphatic rings. The summed E-state index contributed by atoms with van der Waals surface area (Å²) < 4.78 is 6.98. The lowest BCUT2D eigenvalue weighted by molar-refractivity contribution is -0.133. The SMILES string of the molecule is CCOC(C)(C)C(=O)C(=Cc1cccnc1)n1cncn1. The van der Waals surface area contributed by atoms with E-state index in [0.717, 1.165) is 5.56 Å². The molecule has 0 aromatic carbocycles. The Balaban J connectivity index is 2.43. The van der Waals surface area contributed by atoms with Crippen molar-refractivity contribution in [2.75, 3.05) is 6.61 Å². The van der Waals surface area contributed by atoms with Crippen molar-refractivity contribution in [2.24, 2.45) is 0 Å². The van der Waals surface area contributed by atoms with Crippen LogP contribution in [0.4, 0.5) is 0 Å². The highest BCUT2D eigenvalue weighted by Crippen LogP contribution is 2.21. The van der Waals surface area contributed by atoms with Crippen molar-refractivity contribution >= 4 is 17.6 Å². The standard InChI is InChI=1S/C15H18N4O2/c1-4-21-15(2,3)14(20)13(19-11-17-10-18-19)8-12-6-5-7-16-9-12/h5-11H,4H2,1-3H3. The number of ether oxygens (including phenoxy) is 1. The van der Waals surface area contributed by atoms with Crippen LogP contribution in [0.5, 0.6) is 0 Å². The number of carbonyl (C=O) groups excluding carboxylic acids is 1. The number of nitrogens with zero attached hydrogens (tertiary/aromatic N) is 4. The van der Waals surface area contributed by atoms with E-state index < -0.39 is 5.60 Å². The van der Waals surface area contributed by atoms with Crippen molar-refractivity contribution in [1.29, 1.82) is 0 Å². The van der Waals surface area contributed by atoms with Gasteiger partial charge in [-0.1, -0.05) is 6.07 Å². The average molecular weight is 286 g/mol. The number of hydrogen-bond donors (Lipinski definition) is 0. The molecule has 0 atom stereocenters. The second kappa shape index (κ2) is 6.41. The summed E-state index contributed by atoms with van der Waals surface area (Å²) in [5.41, 5.74) is 0.261. The molecule has 0 N–H and O–H groups in total. The van der Waals surface area contributed by atoms with Crippen LogP contribution in [0.3, 0.4) is 0 Å². The molecule has 0 radical (unpaired) electrons. The van der Waals surface area contributed by atoms with Gasteiger partial charge in [0.25, 0.3) is 0 Å². The lowest BCUT2D eigenvalue weighted by Crippen LogP contribution is -2.37. The van der Waals surface area contributed by atoms with E-state index in [-0.39, 0.29) is 5.78 Å². The first-order valence-electron chi connectivity index (χ1n) is 6.70. The molecule has 0 fully saturated rings. The van der Waals surface area contributed by atoms with Gasteiger partial charge in [-0.3, -0.25) is 9.78 Å². The van der Waals surface area contributed by atoms with Crippen LogP contribution in [0.25, 0.3) is 11.8 Å². The number of aromatic nitrogens is 4. The monoisotopic (exact) mass is 286 g/mol. The second-order valence-electron chi connectivity index (χ2n) is 4.93. The maximum Gasteiger partial charge on any atom is 0.212 e. The summed E-state index contributed by atoms with van der Waals surface area (Å²) in [5.74, 6) is -0.168. The van der Waals surface area contributed by atoms with Gasteiger partial charge in [0, 0.05) is 19.0 Å². The third kappa shape index (κ3) is 3.61. The zero-order valence-corrected chi connectivity index (χ0v) is 12.4. The van der Waals surface area contributed by atoms with Crippen LogP contribution in [-0.2, 0) is 9.53 Å². The van der Waals surface area contributed by atoms with Gasteiger partial charge < -0.3 is 4.74 Å². The van der Waals surface area contributed by atoms with Gasteiger partial charge >= 0.3 is 0 Å². The molecule has 2 aromatic rings. The molecule has 6 nitrogen and oxygen atoms in total. The predicted molar refractivity (Wildman–Crippen MR) is 79.1 cm³/mol. The fourth-order valence-electron chi connectivity index (χ4n) is 1.92. The van der Waals surface area contributed by atoms with E-state index in [2.05, 4.69) is 15.1 Å². The smallest absolute Gasteiger partial charge is 0.212 e. The fraction of sp³-hybridized carbons (Fsp3) is 0.333. The molecule has 0 aliphatic carbocycles. The minimum Gasteiger partial charge on any atom is -0.368 e. The first-order valence-corrected chi connectivity index (χ1v) is 6.70. The van der Waals surface area contributed by atoms with Crippen LogP contribution >= 0.6 is 0 Å². The van der Waals surface area contributed by atoms with Gasteiger partial charge in [-0.05, 0) is 38.5 Å². The van der Waals surface area contributed by atoms with Gasteiger partial charge in [0.2, 0.25) is 5.78 Å². The zero-order chi connectivity index (χ0) is 15.3. The zero-order valence-electron chi connectivity index (χ0n) is 12.4. The summed E-state index contributed by atoms with van der Waals surface area (Å²) >= 11 is 0. The molecule has 0 spiro atoms. The Morgan fingerprint density at radius 1 is 1.43 bits per heavy atom. The molecule has 0 unspecified atom stereocenters. The molecule has 0 amide bonds. The van der Waals surface area contributed by atoms with Crippen LogP contribution in [0, 0.1) is 0 Å². The molecule has 110 valence electrons. The van der Waals surface area contributed by atoms with Crippen molar-refractivity contribution in [3.05, 3.63) is 42.7 Å². The van der Waals surface area contributed by atoms with E-state index in [1.165, 1.54) is 17.3 Å². The van der Waals surface area contributed by atoms with Crippen LogP contribution < -0.4 is 0 Å². The van der Waals surface area contributed by atoms with E-state index in [1.807, 2.05) is 19.1 Å². The van der Waals surface area contributed by atoms with Gasteiger partial charge in [0.15, 0.2) is 0 Å². The largest absolute Gasteiger partial charge is 0.368 e. The molecule has 21 heavy (non-hydrogen) atoms. The Morgan fingerprint density at radius 2 is 2.24 bits per heavy atom. The maximum atomic E-state index is 12.8. The van der Waals surface area contributed by atoms with Crippen molar-refractivity contribution < 1.29 is 9.53 Å². The highest BCUT2D eigenvalue weighted by atomic mass is 16.5. The first kappa shape index (κ1) is 15.1. The topological polar surface area (TPSA) is 69.9 Å². The minimum atomic E-state index is -0.936. The van der Waals surface area contributed by atoms with Crippen LogP contribution in [0.15, 0.2) is 37.2 Å². The van der Waals surface area contributed by atoms with E-state index >= 15 is 0 Å². The molecule has 0 bridgehead atoms. The average Bonchev–Trinajstić information content (AvgIpc) is 2.99. The molecule has 6 heteroatoms. The number of pyridine rings is 1. The summed E-state index contributed by atoms with van der Waals surface area (Å²) in [6, 6.07) is 3.67. The summed E-state index contributed by atoms with van der Waals surface area (Å²) in [6.45, 7) is 5.80. The van der Waals surface area contributed by atoms with E-state index in [0.29, 0.717) is 12.3 Å². The van der Waals surface area contributed by atoms with E-state index in [1.54, 1.807) is 32.3 Å². The van der Waals surface area contributed by atoms with Gasteiger partial charge in [0.1, 0.15) is 24.0 Å². The minimum absolute atomic E-state index is 0.168. The van der Waals surface area contributed by atoms with Crippen LogP contribution in [-0.4, -0.2) is 37.7 Å². The lowest BCUT2D eigenvalue weighted by atomic mass is 9.99. The van der Waals surface area contributed by atoms with Crippen LogP contribution in [0.2, 0.25) is 0 Å². The molecular weight excluding hydrogens is 268 g/mol. The van der Waals surface area contributed by atoms with Gasteiger partial charge in [0.05, 0.1) is 0 Å². The van der Waals surface area contributed by atoms with Crippen molar-refractivity contribution in [1.82, 2.24) is 19.7 Å². The number of carbonyl (C=O) groups is 1. The second-order valence-corrected chi connectivity index (χ2v) is 4.93. The Kier molecular flexibility index (Phi) is 4.59. The molecule has 0 saturated heterocycles. The Labute approximate surface area is 123 Å². The molecule has 2 rings (SSSR count). The van der Waals surface area contributed by atoms with Crippen molar-refractivity contribution in [3.8, 4) is 0 Å². The van der Waals surface area contributed by atoms with Gasteiger partial charge in [-0.25, -0.2) is 9.67 Å². The normalized spacial score (nSPS) is 12.4. The highest BCUT2D eigenvalue weighted by Gasteiger charge is 2.32. The number of Topliss-reactive ketones (excluding diaryl/α,β-unsaturated/α-hetero) is 1. The van der Waals surface area contributed by atoms with E-state index in [9.17, 15) is 4.79 Å². The summed E-state index contributed by atoms with van der Waals surface area (Å²) in [5, 5.41) is 4.05. The molecule has 2 heterocycles. The van der Waals surface area contributed by atoms with Crippen LogP contribution in [0.1, 0.15) is 26.3 Å². The molecule has 2 aromatic heterocycles. The highest BCUT2D eigenvalue weighted by molar-refractivity contribution is 6.23. The summed E-state index contributed by atoms with van der Waals surface area (Å²) in [7, 11) is 0. The number of rotatable bonds is 6. The first-order chi connectivity index (χ1) is 10.0. The predicted octanol–water partition coefficient (Wildman–Crippen LogP) is 2.06. The molecule has 0 saturated carbocycles. The van der Waals surface area contributed by atoms with Crippen molar-refractivity contribution in [2.45, 2.75) is 26.4 Å². The third-order valence-corrected chi connectivity index (χ3v) is 2.94. The lowest BCUT2D eigenvalue weighted by Gasteiger charge is -2.24. The van der Waals surface area contributed by atoms with Crippen molar-refractivity contribution in [3.63, 3.8) is 0 Å². The number of ketones is 1. The van der Waals surface area contributed by atoms with Gasteiger partial charge in [-0.15, -0.1) is 0 Å².